The number of rotatable bonds is 5. The van der Waals surface area contributed by atoms with Crippen LogP contribution < -0.4 is 5.32 Å². The Morgan fingerprint density at radius 1 is 1.45 bits per heavy atom. The van der Waals surface area contributed by atoms with Gasteiger partial charge in [-0.05, 0) is 52.6 Å². The molecule has 0 spiro atoms. The highest BCUT2D eigenvalue weighted by atomic mass is 79.9. The number of aryl methyl sites for hydroxylation is 1. The molecule has 0 bridgehead atoms. The molecule has 2 rings (SSSR count). The molecule has 1 aliphatic rings. The molecule has 0 saturated heterocycles. The van der Waals surface area contributed by atoms with Crippen molar-refractivity contribution in [1.29, 1.82) is 0 Å². The average molecular weight is 341 g/mol. The minimum atomic E-state index is 0.0354. The van der Waals surface area contributed by atoms with Gasteiger partial charge >= 0.3 is 0 Å². The summed E-state index contributed by atoms with van der Waals surface area (Å²) >= 11 is 3.41. The Bertz CT molecular complexity index is 473. The van der Waals surface area contributed by atoms with Gasteiger partial charge in [0.2, 0.25) is 0 Å². The van der Waals surface area contributed by atoms with Crippen molar-refractivity contribution in [2.75, 3.05) is 6.54 Å². The second-order valence-electron chi connectivity index (χ2n) is 6.64. The van der Waals surface area contributed by atoms with Crippen molar-refractivity contribution in [3.05, 3.63) is 22.4 Å². The normalized spacial score (nSPS) is 17.6. The van der Waals surface area contributed by atoms with E-state index >= 15 is 0 Å². The summed E-state index contributed by atoms with van der Waals surface area (Å²) in [6, 6.07) is 1.87. The van der Waals surface area contributed by atoms with Crippen LogP contribution in [0.5, 0.6) is 0 Å². The Balaban J connectivity index is 1.99. The Kier molecular flexibility index (Phi) is 4.95. The molecule has 1 aromatic rings. The van der Waals surface area contributed by atoms with Crippen molar-refractivity contribution in [1.82, 2.24) is 9.88 Å². The van der Waals surface area contributed by atoms with E-state index in [1.807, 2.05) is 23.9 Å². The number of nitrogens with one attached hydrogen (secondary N) is 1. The zero-order chi connectivity index (χ0) is 14.8. The molecule has 0 atom stereocenters. The maximum absolute atomic E-state index is 12.3. The fourth-order valence-electron chi connectivity index (χ4n) is 3.55. The lowest BCUT2D eigenvalue weighted by molar-refractivity contribution is 0.0913. The van der Waals surface area contributed by atoms with Crippen molar-refractivity contribution >= 4 is 21.8 Å². The lowest BCUT2D eigenvalue weighted by atomic mass is 9.78. The molecule has 1 N–H and O–H groups in total. The molecule has 0 unspecified atom stereocenters. The highest BCUT2D eigenvalue weighted by Crippen LogP contribution is 2.42. The Labute approximate surface area is 130 Å². The van der Waals surface area contributed by atoms with Gasteiger partial charge in [-0.25, -0.2) is 0 Å². The van der Waals surface area contributed by atoms with Crippen molar-refractivity contribution in [2.45, 2.75) is 46.0 Å². The van der Waals surface area contributed by atoms with E-state index in [0.717, 1.165) is 16.7 Å². The molecule has 1 amide bonds. The van der Waals surface area contributed by atoms with Crippen LogP contribution >= 0.6 is 15.9 Å². The average Bonchev–Trinajstić information content (AvgIpc) is 2.93. The standard InChI is InChI=1S/C16H25BrN2O/c1-12(2)9-16(6-4-5-7-16)11-18-15(20)14-8-13(17)10-19(14)3/h8,10,12H,4-7,9,11H2,1-3H3,(H,18,20). The molecule has 112 valence electrons. The van der Waals surface area contributed by atoms with Crippen LogP contribution in [-0.2, 0) is 7.05 Å². The smallest absolute Gasteiger partial charge is 0.267 e. The fourth-order valence-corrected chi connectivity index (χ4v) is 4.08. The summed E-state index contributed by atoms with van der Waals surface area (Å²) in [5, 5.41) is 3.16. The molecular weight excluding hydrogens is 316 g/mol. The van der Waals surface area contributed by atoms with Gasteiger partial charge in [0.05, 0.1) is 0 Å². The third-order valence-corrected chi connectivity index (χ3v) is 4.77. The van der Waals surface area contributed by atoms with E-state index in [9.17, 15) is 4.79 Å². The van der Waals surface area contributed by atoms with Crippen molar-refractivity contribution in [3.8, 4) is 0 Å². The quantitative estimate of drug-likeness (QED) is 0.859. The second-order valence-corrected chi connectivity index (χ2v) is 7.56. The van der Waals surface area contributed by atoms with Gasteiger partial charge in [0.1, 0.15) is 5.69 Å². The van der Waals surface area contributed by atoms with Crippen molar-refractivity contribution < 1.29 is 4.79 Å². The number of carbonyl (C=O) groups excluding carboxylic acids is 1. The summed E-state index contributed by atoms with van der Waals surface area (Å²) < 4.78 is 2.81. The van der Waals surface area contributed by atoms with Gasteiger partial charge in [-0.15, -0.1) is 0 Å². The molecule has 0 aromatic carbocycles. The highest BCUT2D eigenvalue weighted by Gasteiger charge is 2.34. The van der Waals surface area contributed by atoms with E-state index in [1.54, 1.807) is 0 Å². The van der Waals surface area contributed by atoms with E-state index < -0.39 is 0 Å². The van der Waals surface area contributed by atoms with Crippen LogP contribution in [0.1, 0.15) is 56.4 Å². The van der Waals surface area contributed by atoms with Gasteiger partial charge in [-0.2, -0.15) is 0 Å². The zero-order valence-corrected chi connectivity index (χ0v) is 14.3. The maximum atomic E-state index is 12.3. The molecule has 1 aliphatic carbocycles. The Morgan fingerprint density at radius 3 is 2.60 bits per heavy atom. The lowest BCUT2D eigenvalue weighted by Crippen LogP contribution is -2.37. The zero-order valence-electron chi connectivity index (χ0n) is 12.7. The fraction of sp³-hybridized carbons (Fsp3) is 0.688. The molecule has 20 heavy (non-hydrogen) atoms. The number of hydrogen-bond donors (Lipinski definition) is 1. The van der Waals surface area contributed by atoms with E-state index in [-0.39, 0.29) is 5.91 Å². The number of nitrogens with zero attached hydrogens (tertiary/aromatic N) is 1. The minimum Gasteiger partial charge on any atom is -0.350 e. The first-order valence-corrected chi connectivity index (χ1v) is 8.31. The molecular formula is C16H25BrN2O. The minimum absolute atomic E-state index is 0.0354. The first-order valence-electron chi connectivity index (χ1n) is 7.52. The maximum Gasteiger partial charge on any atom is 0.267 e. The molecule has 1 heterocycles. The van der Waals surface area contributed by atoms with Crippen LogP contribution in [-0.4, -0.2) is 17.0 Å². The summed E-state index contributed by atoms with van der Waals surface area (Å²) in [7, 11) is 1.90. The van der Waals surface area contributed by atoms with Gasteiger partial charge in [-0.1, -0.05) is 26.7 Å². The van der Waals surface area contributed by atoms with Gasteiger partial charge in [-0.3, -0.25) is 4.79 Å². The van der Waals surface area contributed by atoms with Gasteiger partial charge in [0, 0.05) is 24.3 Å². The van der Waals surface area contributed by atoms with Crippen LogP contribution in [0.15, 0.2) is 16.7 Å². The highest BCUT2D eigenvalue weighted by molar-refractivity contribution is 9.10. The largest absolute Gasteiger partial charge is 0.350 e. The van der Waals surface area contributed by atoms with E-state index in [4.69, 9.17) is 0 Å². The predicted molar refractivity (Wildman–Crippen MR) is 85.8 cm³/mol. The van der Waals surface area contributed by atoms with Gasteiger partial charge in [0.25, 0.3) is 5.91 Å². The molecule has 1 saturated carbocycles. The van der Waals surface area contributed by atoms with Crippen LogP contribution in [0.2, 0.25) is 0 Å². The molecule has 0 radical (unpaired) electrons. The van der Waals surface area contributed by atoms with Crippen LogP contribution in [0.25, 0.3) is 0 Å². The SMILES string of the molecule is CC(C)CC1(CNC(=O)c2cc(Br)cn2C)CCCC1. The molecule has 1 aromatic heterocycles. The number of amides is 1. The summed E-state index contributed by atoms with van der Waals surface area (Å²) in [4.78, 5) is 12.3. The monoisotopic (exact) mass is 340 g/mol. The first-order chi connectivity index (χ1) is 9.42. The lowest BCUT2D eigenvalue weighted by Gasteiger charge is -2.31. The van der Waals surface area contributed by atoms with Crippen molar-refractivity contribution in [2.24, 2.45) is 18.4 Å². The molecule has 0 aliphatic heterocycles. The van der Waals surface area contributed by atoms with Crippen LogP contribution in [0.4, 0.5) is 0 Å². The Morgan fingerprint density at radius 2 is 2.10 bits per heavy atom. The van der Waals surface area contributed by atoms with E-state index in [2.05, 4.69) is 35.1 Å². The molecule has 3 nitrogen and oxygen atoms in total. The molecule has 1 fully saturated rings. The van der Waals surface area contributed by atoms with Crippen LogP contribution in [0, 0.1) is 11.3 Å². The van der Waals surface area contributed by atoms with E-state index in [0.29, 0.717) is 11.3 Å². The summed E-state index contributed by atoms with van der Waals surface area (Å²) in [5.74, 6) is 0.724. The summed E-state index contributed by atoms with van der Waals surface area (Å²) in [6.07, 6.45) is 8.24. The topological polar surface area (TPSA) is 34.0 Å². The van der Waals surface area contributed by atoms with Gasteiger partial charge in [0.15, 0.2) is 0 Å². The third-order valence-electron chi connectivity index (χ3n) is 4.33. The second kappa shape index (κ2) is 6.33. The van der Waals surface area contributed by atoms with E-state index in [1.165, 1.54) is 32.1 Å². The first kappa shape index (κ1) is 15.6. The number of halogens is 1. The van der Waals surface area contributed by atoms with Crippen molar-refractivity contribution in [3.63, 3.8) is 0 Å². The number of hydrogen-bond acceptors (Lipinski definition) is 1. The Hall–Kier alpha value is -0.770. The van der Waals surface area contributed by atoms with Gasteiger partial charge < -0.3 is 9.88 Å². The predicted octanol–water partition coefficient (Wildman–Crippen LogP) is 4.12. The molecule has 4 heteroatoms. The summed E-state index contributed by atoms with van der Waals surface area (Å²) in [5.41, 5.74) is 1.04. The summed E-state index contributed by atoms with van der Waals surface area (Å²) in [6.45, 7) is 5.36. The number of carbonyl (C=O) groups is 1. The van der Waals surface area contributed by atoms with Crippen LogP contribution in [0.3, 0.4) is 0 Å². The third kappa shape index (κ3) is 3.66. The number of aromatic nitrogens is 1.